The van der Waals surface area contributed by atoms with Gasteiger partial charge in [0.15, 0.2) is 5.78 Å². The van der Waals surface area contributed by atoms with Crippen molar-refractivity contribution in [2.45, 2.75) is 32.7 Å². The second-order valence-electron chi connectivity index (χ2n) is 6.45. The summed E-state index contributed by atoms with van der Waals surface area (Å²) in [6.45, 7) is 4.98. The first-order valence-electron chi connectivity index (χ1n) is 8.70. The lowest BCUT2D eigenvalue weighted by Crippen LogP contribution is -2.30. The van der Waals surface area contributed by atoms with Crippen LogP contribution in [0.5, 0.6) is 0 Å². The fraction of sp³-hybridized carbons (Fsp3) is 0.333. The van der Waals surface area contributed by atoms with Crippen LogP contribution >= 0.6 is 0 Å². The number of carbonyl (C=O) groups excluding carboxylic acids is 2. The lowest BCUT2D eigenvalue weighted by Gasteiger charge is -2.24. The Kier molecular flexibility index (Phi) is 5.17. The monoisotopic (exact) mass is 337 g/mol. The predicted molar refractivity (Wildman–Crippen MR) is 97.9 cm³/mol. The van der Waals surface area contributed by atoms with Crippen molar-refractivity contribution in [1.29, 1.82) is 0 Å². The Labute approximate surface area is 148 Å². The highest BCUT2D eigenvalue weighted by Gasteiger charge is 2.27. The number of rotatable bonds is 6. The Balaban J connectivity index is 1.89. The Morgan fingerprint density at radius 3 is 2.68 bits per heavy atom. The number of Topliss-reactive ketones (excluding diaryl/α,β-unsaturated/α-hetero) is 1. The van der Waals surface area contributed by atoms with Gasteiger partial charge in [-0.05, 0) is 36.1 Å². The average molecular weight is 337 g/mol. The number of benzene rings is 2. The number of anilines is 1. The molecule has 0 amide bonds. The van der Waals surface area contributed by atoms with Crippen molar-refractivity contribution in [3.63, 3.8) is 0 Å². The molecule has 2 aromatic rings. The highest BCUT2D eigenvalue weighted by atomic mass is 16.5. The van der Waals surface area contributed by atoms with Crippen LogP contribution in [0.3, 0.4) is 0 Å². The zero-order valence-corrected chi connectivity index (χ0v) is 14.7. The molecule has 0 aromatic heterocycles. The summed E-state index contributed by atoms with van der Waals surface area (Å²) in [5.74, 6) is 0.183. The molecule has 0 N–H and O–H groups in total. The molecule has 0 radical (unpaired) electrons. The maximum absolute atomic E-state index is 12.2. The lowest BCUT2D eigenvalue weighted by molar-refractivity contribution is -0.141. The smallest absolute Gasteiger partial charge is 0.325 e. The van der Waals surface area contributed by atoms with Crippen molar-refractivity contribution < 1.29 is 14.3 Å². The maximum Gasteiger partial charge on any atom is 0.325 e. The molecule has 0 aliphatic heterocycles. The van der Waals surface area contributed by atoms with Crippen molar-refractivity contribution in [1.82, 2.24) is 0 Å². The predicted octanol–water partition coefficient (Wildman–Crippen LogP) is 3.95. The van der Waals surface area contributed by atoms with Crippen molar-refractivity contribution >= 4 is 17.4 Å². The molecule has 0 fully saturated rings. The van der Waals surface area contributed by atoms with Crippen LogP contribution in [0.4, 0.5) is 5.69 Å². The number of hydrogen-bond donors (Lipinski definition) is 0. The Morgan fingerprint density at radius 2 is 1.96 bits per heavy atom. The van der Waals surface area contributed by atoms with Gasteiger partial charge in [0.1, 0.15) is 6.54 Å². The van der Waals surface area contributed by atoms with Crippen LogP contribution in [-0.4, -0.2) is 24.9 Å². The van der Waals surface area contributed by atoms with Crippen molar-refractivity contribution in [3.05, 3.63) is 65.2 Å². The van der Waals surface area contributed by atoms with E-state index >= 15 is 0 Å². The van der Waals surface area contributed by atoms with E-state index in [1.165, 1.54) is 0 Å². The highest BCUT2D eigenvalue weighted by Crippen LogP contribution is 2.35. The summed E-state index contributed by atoms with van der Waals surface area (Å²) in [6.07, 6.45) is 0.565. The van der Waals surface area contributed by atoms with Gasteiger partial charge >= 0.3 is 5.97 Å². The summed E-state index contributed by atoms with van der Waals surface area (Å²) in [5.41, 5.74) is 3.86. The topological polar surface area (TPSA) is 46.6 Å². The minimum Gasteiger partial charge on any atom is -0.465 e. The zero-order valence-electron chi connectivity index (χ0n) is 14.7. The number of nitrogens with zero attached hydrogens (tertiary/aromatic N) is 1. The summed E-state index contributed by atoms with van der Waals surface area (Å²) >= 11 is 0. The van der Waals surface area contributed by atoms with Gasteiger partial charge < -0.3 is 9.64 Å². The maximum atomic E-state index is 12.2. The van der Waals surface area contributed by atoms with Crippen molar-refractivity contribution in [3.8, 4) is 0 Å². The summed E-state index contributed by atoms with van der Waals surface area (Å²) in [7, 11) is 0. The Morgan fingerprint density at radius 1 is 1.20 bits per heavy atom. The zero-order chi connectivity index (χ0) is 17.8. The molecular weight excluding hydrogens is 314 g/mol. The largest absolute Gasteiger partial charge is 0.465 e. The van der Waals surface area contributed by atoms with Crippen LogP contribution in [0.25, 0.3) is 0 Å². The van der Waals surface area contributed by atoms with Crippen LogP contribution in [0.2, 0.25) is 0 Å². The van der Waals surface area contributed by atoms with Crippen LogP contribution < -0.4 is 4.90 Å². The number of carbonyl (C=O) groups is 2. The third-order valence-electron chi connectivity index (χ3n) is 4.57. The standard InChI is InChI=1S/C21H23NO3/c1-3-25-21(24)14-22(13-16-7-5-4-6-8-16)17-9-10-18-15(2)11-20(23)19(18)12-17/h4-10,12,15H,3,11,13-14H2,1-2H3. The van der Waals surface area contributed by atoms with Gasteiger partial charge in [0.25, 0.3) is 0 Å². The minimum atomic E-state index is -0.265. The molecule has 0 bridgehead atoms. The average Bonchev–Trinajstić information content (AvgIpc) is 2.89. The van der Waals surface area contributed by atoms with Crippen molar-refractivity contribution in [2.24, 2.45) is 0 Å². The molecule has 1 unspecified atom stereocenters. The molecule has 1 aliphatic carbocycles. The SMILES string of the molecule is CCOC(=O)CN(Cc1ccccc1)c1ccc2c(c1)C(=O)CC2C. The van der Waals surface area contributed by atoms with Gasteiger partial charge in [0, 0.05) is 24.2 Å². The molecular formula is C21H23NO3. The summed E-state index contributed by atoms with van der Waals surface area (Å²) in [6, 6.07) is 15.9. The molecule has 130 valence electrons. The molecule has 4 nitrogen and oxygen atoms in total. The molecule has 0 saturated heterocycles. The van der Waals surface area contributed by atoms with E-state index in [9.17, 15) is 9.59 Å². The number of ether oxygens (including phenoxy) is 1. The van der Waals surface area contributed by atoms with Crippen molar-refractivity contribution in [2.75, 3.05) is 18.1 Å². The lowest BCUT2D eigenvalue weighted by atomic mass is 10.0. The molecule has 4 heteroatoms. The molecule has 0 heterocycles. The third kappa shape index (κ3) is 3.90. The fourth-order valence-electron chi connectivity index (χ4n) is 3.31. The molecule has 1 atom stereocenters. The van der Waals surface area contributed by atoms with Gasteiger partial charge in [-0.3, -0.25) is 9.59 Å². The second-order valence-corrected chi connectivity index (χ2v) is 6.45. The van der Waals surface area contributed by atoms with E-state index in [-0.39, 0.29) is 24.2 Å². The number of hydrogen-bond acceptors (Lipinski definition) is 4. The molecule has 0 saturated carbocycles. The van der Waals surface area contributed by atoms with Crippen LogP contribution in [0.1, 0.15) is 47.7 Å². The summed E-state index contributed by atoms with van der Waals surface area (Å²) < 4.78 is 5.11. The fourth-order valence-corrected chi connectivity index (χ4v) is 3.31. The van der Waals surface area contributed by atoms with E-state index in [0.717, 1.165) is 22.4 Å². The van der Waals surface area contributed by atoms with E-state index in [1.54, 1.807) is 6.92 Å². The van der Waals surface area contributed by atoms with Gasteiger partial charge in [-0.1, -0.05) is 43.3 Å². The van der Waals surface area contributed by atoms with Gasteiger partial charge in [0.2, 0.25) is 0 Å². The Hall–Kier alpha value is -2.62. The highest BCUT2D eigenvalue weighted by molar-refractivity contribution is 6.02. The second kappa shape index (κ2) is 7.51. The van der Waals surface area contributed by atoms with Crippen LogP contribution in [0.15, 0.2) is 48.5 Å². The Bertz CT molecular complexity index is 770. The number of fused-ring (bicyclic) bond motifs is 1. The van der Waals surface area contributed by atoms with Crippen LogP contribution in [-0.2, 0) is 16.1 Å². The van der Waals surface area contributed by atoms with Gasteiger partial charge in [-0.25, -0.2) is 0 Å². The first kappa shape index (κ1) is 17.2. The van der Waals surface area contributed by atoms with E-state index in [2.05, 4.69) is 6.92 Å². The molecule has 25 heavy (non-hydrogen) atoms. The summed E-state index contributed by atoms with van der Waals surface area (Å²) in [4.78, 5) is 26.2. The van der Waals surface area contributed by atoms with E-state index in [0.29, 0.717) is 19.6 Å². The number of ketones is 1. The van der Waals surface area contributed by atoms with E-state index in [1.807, 2.05) is 53.4 Å². The van der Waals surface area contributed by atoms with Gasteiger partial charge in [0.05, 0.1) is 6.61 Å². The van der Waals surface area contributed by atoms with Crippen LogP contribution in [0, 0.1) is 0 Å². The van der Waals surface area contributed by atoms with Gasteiger partial charge in [-0.2, -0.15) is 0 Å². The third-order valence-corrected chi connectivity index (χ3v) is 4.57. The normalized spacial score (nSPS) is 15.8. The molecule has 2 aromatic carbocycles. The van der Waals surface area contributed by atoms with E-state index < -0.39 is 0 Å². The number of esters is 1. The first-order chi connectivity index (χ1) is 12.1. The minimum absolute atomic E-state index is 0.158. The molecule has 1 aliphatic rings. The van der Waals surface area contributed by atoms with Gasteiger partial charge in [-0.15, -0.1) is 0 Å². The molecule has 3 rings (SSSR count). The quantitative estimate of drug-likeness (QED) is 0.749. The summed E-state index contributed by atoms with van der Waals surface area (Å²) in [5, 5.41) is 0. The van der Waals surface area contributed by atoms with E-state index in [4.69, 9.17) is 4.74 Å². The molecule has 0 spiro atoms. The first-order valence-corrected chi connectivity index (χ1v) is 8.70.